The molecule has 1 aromatic rings. The molecule has 142 valence electrons. The van der Waals surface area contributed by atoms with Crippen LogP contribution in [-0.4, -0.2) is 70.3 Å². The zero-order valence-corrected chi connectivity index (χ0v) is 14.3. The maximum absolute atomic E-state index is 12.4. The Morgan fingerprint density at radius 2 is 1.88 bits per heavy atom. The molecule has 3 aliphatic heterocycles. The number of morpholine rings is 1. The average molecular weight is 366 g/mol. The molecule has 4 rings (SSSR count). The standard InChI is InChI=1S/C17H21NO4.HNO3/c1-18-13-7-11(8-14(18)16-15(13)22-16)21-17(20)12(9-19)10-5-3-2-4-6-10;2-1(3)4/h2-6,11-16,19H,7-9H2,1H3;(H,2,3,4)/t11?,12-,13-,14+,15+,16+;/m1./s1. The molecule has 6 atom stereocenters. The van der Waals surface area contributed by atoms with Crippen LogP contribution in [0.5, 0.6) is 0 Å². The van der Waals surface area contributed by atoms with E-state index in [1.807, 2.05) is 30.3 Å². The monoisotopic (exact) mass is 366 g/mol. The minimum absolute atomic E-state index is 0.0622. The summed E-state index contributed by atoms with van der Waals surface area (Å²) in [6, 6.07) is 10.1. The highest BCUT2D eigenvalue weighted by atomic mass is 16.9. The smallest absolute Gasteiger partial charge is 0.316 e. The van der Waals surface area contributed by atoms with Gasteiger partial charge in [-0.2, -0.15) is 0 Å². The van der Waals surface area contributed by atoms with Crippen molar-refractivity contribution in [3.05, 3.63) is 46.0 Å². The second-order valence-corrected chi connectivity index (χ2v) is 6.78. The molecule has 0 radical (unpaired) electrons. The van der Waals surface area contributed by atoms with Gasteiger partial charge in [0.25, 0.3) is 5.09 Å². The number of hydrogen-bond donors (Lipinski definition) is 2. The van der Waals surface area contributed by atoms with Gasteiger partial charge in [-0.05, 0) is 12.6 Å². The van der Waals surface area contributed by atoms with Gasteiger partial charge < -0.3 is 19.8 Å². The van der Waals surface area contributed by atoms with Gasteiger partial charge in [-0.25, -0.2) is 0 Å². The second kappa shape index (κ2) is 7.56. The number of esters is 1. The molecule has 2 N–H and O–H groups in total. The summed E-state index contributed by atoms with van der Waals surface area (Å²) in [7, 11) is 2.13. The number of fused-ring (bicyclic) bond motifs is 5. The molecule has 3 saturated heterocycles. The summed E-state index contributed by atoms with van der Waals surface area (Å²) in [6.45, 7) is -0.226. The quantitative estimate of drug-likeness (QED) is 0.343. The minimum atomic E-state index is -1.50. The largest absolute Gasteiger partial charge is 0.462 e. The van der Waals surface area contributed by atoms with Crippen LogP contribution in [0.2, 0.25) is 0 Å². The minimum Gasteiger partial charge on any atom is -0.462 e. The van der Waals surface area contributed by atoms with Crippen LogP contribution in [0, 0.1) is 10.1 Å². The van der Waals surface area contributed by atoms with Crippen LogP contribution in [0.3, 0.4) is 0 Å². The summed E-state index contributed by atoms with van der Waals surface area (Å²) in [5, 5.41) is 23.2. The van der Waals surface area contributed by atoms with E-state index in [4.69, 9.17) is 24.8 Å². The molecule has 9 heteroatoms. The molecule has 3 heterocycles. The number of aliphatic hydroxyl groups is 1. The van der Waals surface area contributed by atoms with Crippen LogP contribution in [0.25, 0.3) is 0 Å². The van der Waals surface area contributed by atoms with E-state index in [-0.39, 0.29) is 18.7 Å². The fraction of sp³-hybridized carbons (Fsp3) is 0.588. The van der Waals surface area contributed by atoms with Crippen LogP contribution in [0.4, 0.5) is 0 Å². The van der Waals surface area contributed by atoms with Gasteiger partial charge in [0.05, 0.1) is 6.61 Å². The second-order valence-electron chi connectivity index (χ2n) is 6.78. The predicted octanol–water partition coefficient (Wildman–Crippen LogP) is 0.570. The van der Waals surface area contributed by atoms with Gasteiger partial charge >= 0.3 is 5.97 Å². The number of benzene rings is 1. The average Bonchev–Trinajstić information content (AvgIpc) is 3.34. The summed E-state index contributed by atoms with van der Waals surface area (Å²) >= 11 is 0. The van der Waals surface area contributed by atoms with E-state index in [1.165, 1.54) is 0 Å². The molecule has 3 fully saturated rings. The Hall–Kier alpha value is -2.23. The number of piperidine rings is 1. The number of nitrogens with zero attached hydrogens (tertiary/aromatic N) is 2. The molecule has 26 heavy (non-hydrogen) atoms. The molecule has 0 amide bonds. The normalized spacial score (nSPS) is 32.6. The molecule has 0 aromatic heterocycles. The molecule has 1 unspecified atom stereocenters. The summed E-state index contributed by atoms with van der Waals surface area (Å²) in [4.78, 5) is 23.1. The van der Waals surface area contributed by atoms with Crippen LogP contribution < -0.4 is 0 Å². The number of ether oxygens (including phenoxy) is 2. The third-order valence-electron chi connectivity index (χ3n) is 5.33. The lowest BCUT2D eigenvalue weighted by molar-refractivity contribution is -0.742. The molecule has 2 bridgehead atoms. The first-order chi connectivity index (χ1) is 12.4. The fourth-order valence-electron chi connectivity index (χ4n) is 4.04. The lowest BCUT2D eigenvalue weighted by Gasteiger charge is -2.38. The van der Waals surface area contributed by atoms with Crippen molar-refractivity contribution in [2.45, 2.75) is 49.2 Å². The van der Waals surface area contributed by atoms with E-state index in [1.54, 1.807) is 0 Å². The Labute approximate surface area is 150 Å². The van der Waals surface area contributed by atoms with Crippen molar-refractivity contribution in [3.8, 4) is 0 Å². The van der Waals surface area contributed by atoms with Crippen molar-refractivity contribution < 1.29 is 29.7 Å². The van der Waals surface area contributed by atoms with E-state index in [9.17, 15) is 9.90 Å². The topological polar surface area (TPSA) is 126 Å². The van der Waals surface area contributed by atoms with Gasteiger partial charge in [0.2, 0.25) is 0 Å². The first kappa shape index (κ1) is 18.6. The molecular formula is C17H22N2O7. The SMILES string of the molecule is CN1[C@@H]2CC(OC(=O)[C@H](CO)c3ccccc3)C[C@H]1[C@@H]1O[C@H]12.O=[N+]([O-])O. The zero-order valence-electron chi connectivity index (χ0n) is 14.3. The molecule has 1 aromatic carbocycles. The van der Waals surface area contributed by atoms with Crippen LogP contribution >= 0.6 is 0 Å². The molecule has 0 spiro atoms. The van der Waals surface area contributed by atoms with Crippen molar-refractivity contribution >= 4 is 5.97 Å². The predicted molar refractivity (Wildman–Crippen MR) is 88.2 cm³/mol. The maximum atomic E-state index is 12.4. The summed E-state index contributed by atoms with van der Waals surface area (Å²) in [5.41, 5.74) is 0.803. The van der Waals surface area contributed by atoms with Crippen molar-refractivity contribution in [1.82, 2.24) is 4.90 Å². The third-order valence-corrected chi connectivity index (χ3v) is 5.33. The van der Waals surface area contributed by atoms with Crippen molar-refractivity contribution in [2.24, 2.45) is 0 Å². The number of aliphatic hydroxyl groups excluding tert-OH is 1. The number of carbonyl (C=O) groups excluding carboxylic acids is 1. The van der Waals surface area contributed by atoms with E-state index >= 15 is 0 Å². The van der Waals surface area contributed by atoms with Gasteiger partial charge in [0.15, 0.2) is 0 Å². The molecule has 0 saturated carbocycles. The Morgan fingerprint density at radius 1 is 1.35 bits per heavy atom. The maximum Gasteiger partial charge on any atom is 0.316 e. The van der Waals surface area contributed by atoms with E-state index < -0.39 is 11.0 Å². The molecular weight excluding hydrogens is 344 g/mol. The first-order valence-corrected chi connectivity index (χ1v) is 8.49. The summed E-state index contributed by atoms with van der Waals surface area (Å²) in [5.74, 6) is -0.915. The van der Waals surface area contributed by atoms with Crippen molar-refractivity contribution in [1.29, 1.82) is 0 Å². The Morgan fingerprint density at radius 3 is 2.38 bits per heavy atom. The number of likely N-dealkylation sites (N-methyl/N-ethyl adjacent to an activating group) is 1. The number of rotatable bonds is 4. The summed E-state index contributed by atoms with van der Waals surface area (Å²) in [6.07, 6.45) is 2.26. The van der Waals surface area contributed by atoms with E-state index in [2.05, 4.69) is 11.9 Å². The number of epoxide rings is 1. The van der Waals surface area contributed by atoms with Crippen LogP contribution in [0.1, 0.15) is 24.3 Å². The lowest BCUT2D eigenvalue weighted by Crippen LogP contribution is -2.48. The highest BCUT2D eigenvalue weighted by Crippen LogP contribution is 2.48. The van der Waals surface area contributed by atoms with Gasteiger partial charge in [0.1, 0.15) is 24.2 Å². The Balaban J connectivity index is 0.000000447. The summed E-state index contributed by atoms with van der Waals surface area (Å²) < 4.78 is 11.4. The molecule has 9 nitrogen and oxygen atoms in total. The highest BCUT2D eigenvalue weighted by Gasteiger charge is 2.62. The van der Waals surface area contributed by atoms with Gasteiger partial charge in [-0.3, -0.25) is 9.69 Å². The highest BCUT2D eigenvalue weighted by molar-refractivity contribution is 5.78. The van der Waals surface area contributed by atoms with Gasteiger partial charge in [-0.15, -0.1) is 10.1 Å². The van der Waals surface area contributed by atoms with E-state index in [0.717, 1.165) is 18.4 Å². The van der Waals surface area contributed by atoms with Crippen molar-refractivity contribution in [2.75, 3.05) is 13.7 Å². The molecule has 0 aliphatic carbocycles. The third kappa shape index (κ3) is 3.79. The number of hydrogen-bond acceptors (Lipinski definition) is 7. The Bertz CT molecular complexity index is 634. The van der Waals surface area contributed by atoms with Gasteiger partial charge in [-0.1, -0.05) is 30.3 Å². The lowest BCUT2D eigenvalue weighted by atomic mass is 9.97. The van der Waals surface area contributed by atoms with Crippen molar-refractivity contribution in [3.63, 3.8) is 0 Å². The van der Waals surface area contributed by atoms with Crippen LogP contribution in [0.15, 0.2) is 30.3 Å². The Kier molecular flexibility index (Phi) is 5.40. The van der Waals surface area contributed by atoms with E-state index in [0.29, 0.717) is 24.3 Å². The van der Waals surface area contributed by atoms with Gasteiger partial charge in [0, 0.05) is 24.9 Å². The van der Waals surface area contributed by atoms with Crippen LogP contribution in [-0.2, 0) is 14.3 Å². The first-order valence-electron chi connectivity index (χ1n) is 8.49. The fourth-order valence-corrected chi connectivity index (χ4v) is 4.04. The number of carbonyl (C=O) groups is 1. The molecule has 3 aliphatic rings. The zero-order chi connectivity index (χ0) is 18.8.